The Morgan fingerprint density at radius 3 is 2.56 bits per heavy atom. The number of hydrogen-bond acceptors (Lipinski definition) is 6. The molecule has 1 aliphatic heterocycles. The van der Waals surface area contributed by atoms with E-state index in [-0.39, 0.29) is 16.3 Å². The van der Waals surface area contributed by atoms with Crippen molar-refractivity contribution >= 4 is 27.3 Å². The molecule has 25 heavy (non-hydrogen) atoms. The molecular weight excluding hydrogens is 360 g/mol. The Morgan fingerprint density at radius 2 is 2.00 bits per heavy atom. The number of sulfonamides is 1. The molecule has 0 amide bonds. The maximum atomic E-state index is 12.5. The first-order chi connectivity index (χ1) is 11.9. The number of fused-ring (bicyclic) bond motifs is 1. The van der Waals surface area contributed by atoms with Crippen molar-refractivity contribution in [3.63, 3.8) is 0 Å². The molecule has 0 radical (unpaired) electrons. The zero-order chi connectivity index (χ0) is 18.6. The van der Waals surface area contributed by atoms with E-state index in [1.54, 1.807) is 6.92 Å². The van der Waals surface area contributed by atoms with Gasteiger partial charge in [0.05, 0.1) is 12.7 Å². The molecule has 1 N–H and O–H groups in total. The van der Waals surface area contributed by atoms with E-state index in [0.717, 1.165) is 36.4 Å². The Balaban J connectivity index is 2.37. The van der Waals surface area contributed by atoms with Crippen LogP contribution in [0.2, 0.25) is 0 Å². The SMILES string of the molecule is CCNS(=O)(=O)c1sc2c(c1C(=O)OC)CCN(CC(CC)CC)C2. The Hall–Kier alpha value is -0.960. The fourth-order valence-corrected chi connectivity index (χ4v) is 6.26. The maximum Gasteiger partial charge on any atom is 0.340 e. The monoisotopic (exact) mass is 388 g/mol. The van der Waals surface area contributed by atoms with Crippen molar-refractivity contribution in [1.29, 1.82) is 0 Å². The highest BCUT2D eigenvalue weighted by atomic mass is 32.2. The van der Waals surface area contributed by atoms with Gasteiger partial charge in [0.15, 0.2) is 0 Å². The van der Waals surface area contributed by atoms with Gasteiger partial charge in [-0.2, -0.15) is 0 Å². The summed E-state index contributed by atoms with van der Waals surface area (Å²) in [6, 6.07) is 0. The third-order valence-electron chi connectivity index (χ3n) is 4.74. The van der Waals surface area contributed by atoms with E-state index in [1.807, 2.05) is 0 Å². The predicted octanol–water partition coefficient (Wildman–Crippen LogP) is 2.63. The van der Waals surface area contributed by atoms with Gasteiger partial charge >= 0.3 is 5.97 Å². The molecule has 6 nitrogen and oxygen atoms in total. The van der Waals surface area contributed by atoms with Gasteiger partial charge in [-0.25, -0.2) is 17.9 Å². The molecule has 0 spiro atoms. The van der Waals surface area contributed by atoms with Crippen LogP contribution in [0.15, 0.2) is 4.21 Å². The van der Waals surface area contributed by atoms with Crippen molar-refractivity contribution in [2.45, 2.75) is 50.8 Å². The van der Waals surface area contributed by atoms with E-state index in [1.165, 1.54) is 18.4 Å². The molecule has 0 aliphatic carbocycles. The number of carbonyl (C=O) groups is 1. The minimum Gasteiger partial charge on any atom is -0.465 e. The van der Waals surface area contributed by atoms with Crippen LogP contribution < -0.4 is 4.72 Å². The highest BCUT2D eigenvalue weighted by Crippen LogP contribution is 2.36. The Bertz CT molecular complexity index is 708. The minimum atomic E-state index is -3.69. The molecule has 0 fully saturated rings. The quantitative estimate of drug-likeness (QED) is 0.693. The molecule has 0 unspecified atom stereocenters. The molecule has 2 heterocycles. The Kier molecular flexibility index (Phi) is 7.01. The van der Waals surface area contributed by atoms with Crippen LogP contribution in [-0.4, -0.2) is 46.0 Å². The van der Waals surface area contributed by atoms with Gasteiger partial charge in [-0.15, -0.1) is 11.3 Å². The second kappa shape index (κ2) is 8.62. The van der Waals surface area contributed by atoms with Crippen molar-refractivity contribution in [3.8, 4) is 0 Å². The van der Waals surface area contributed by atoms with Crippen LogP contribution in [0.1, 0.15) is 54.4 Å². The van der Waals surface area contributed by atoms with Crippen LogP contribution in [0.5, 0.6) is 0 Å². The first-order valence-electron chi connectivity index (χ1n) is 8.82. The second-order valence-electron chi connectivity index (χ2n) is 6.33. The molecule has 8 heteroatoms. The summed E-state index contributed by atoms with van der Waals surface area (Å²) >= 11 is 1.21. The summed E-state index contributed by atoms with van der Waals surface area (Å²) < 4.78 is 32.5. The van der Waals surface area contributed by atoms with Crippen LogP contribution in [0.3, 0.4) is 0 Å². The van der Waals surface area contributed by atoms with Crippen LogP contribution in [-0.2, 0) is 27.7 Å². The van der Waals surface area contributed by atoms with E-state index in [0.29, 0.717) is 18.9 Å². The summed E-state index contributed by atoms with van der Waals surface area (Å²) in [6.07, 6.45) is 2.95. The van der Waals surface area contributed by atoms with Gasteiger partial charge in [-0.3, -0.25) is 4.90 Å². The summed E-state index contributed by atoms with van der Waals surface area (Å²) in [5.41, 5.74) is 1.07. The molecule has 1 aromatic heterocycles. The number of carbonyl (C=O) groups excluding carboxylic acids is 1. The highest BCUT2D eigenvalue weighted by Gasteiger charge is 2.33. The number of thiophene rings is 1. The summed E-state index contributed by atoms with van der Waals surface area (Å²) in [5.74, 6) is 0.0778. The molecule has 1 aliphatic rings. The molecule has 1 aromatic rings. The van der Waals surface area contributed by atoms with E-state index < -0.39 is 16.0 Å². The van der Waals surface area contributed by atoms with Gasteiger partial charge in [0.1, 0.15) is 4.21 Å². The van der Waals surface area contributed by atoms with E-state index >= 15 is 0 Å². The first kappa shape index (κ1) is 20.4. The van der Waals surface area contributed by atoms with Crippen molar-refractivity contribution in [3.05, 3.63) is 16.0 Å². The summed E-state index contributed by atoms with van der Waals surface area (Å²) in [7, 11) is -2.40. The smallest absolute Gasteiger partial charge is 0.340 e. The molecule has 142 valence electrons. The number of hydrogen-bond donors (Lipinski definition) is 1. The van der Waals surface area contributed by atoms with Crippen molar-refractivity contribution in [1.82, 2.24) is 9.62 Å². The van der Waals surface area contributed by atoms with Gasteiger partial charge in [0, 0.05) is 31.1 Å². The number of nitrogens with zero attached hydrogens (tertiary/aromatic N) is 1. The molecule has 2 rings (SSSR count). The highest BCUT2D eigenvalue weighted by molar-refractivity contribution is 7.91. The molecule has 0 bridgehead atoms. The largest absolute Gasteiger partial charge is 0.465 e. The molecule has 0 atom stereocenters. The Morgan fingerprint density at radius 1 is 1.32 bits per heavy atom. The van der Waals surface area contributed by atoms with Crippen molar-refractivity contribution in [2.24, 2.45) is 5.92 Å². The lowest BCUT2D eigenvalue weighted by Crippen LogP contribution is -2.34. The zero-order valence-electron chi connectivity index (χ0n) is 15.4. The number of nitrogens with one attached hydrogen (secondary N) is 1. The average Bonchev–Trinajstić information content (AvgIpc) is 2.98. The fraction of sp³-hybridized carbons (Fsp3) is 0.706. The van der Waals surface area contributed by atoms with Gasteiger partial charge in [0.25, 0.3) is 10.0 Å². The van der Waals surface area contributed by atoms with Crippen molar-refractivity contribution in [2.75, 3.05) is 26.7 Å². The van der Waals surface area contributed by atoms with E-state index in [9.17, 15) is 13.2 Å². The first-order valence-corrected chi connectivity index (χ1v) is 11.1. The maximum absolute atomic E-state index is 12.5. The third-order valence-corrected chi connectivity index (χ3v) is 8.02. The van der Waals surface area contributed by atoms with Crippen molar-refractivity contribution < 1.29 is 17.9 Å². The molecule has 0 saturated heterocycles. The Labute approximate surface area is 154 Å². The standard InChI is InChI=1S/C17H28N2O4S2/c1-5-12(6-2)10-19-9-8-13-14(11-19)24-17(15(13)16(20)23-4)25(21,22)18-7-3/h12,18H,5-11H2,1-4H3. The fourth-order valence-electron chi connectivity index (χ4n) is 3.25. The van der Waals surface area contributed by atoms with Crippen LogP contribution in [0.4, 0.5) is 0 Å². The van der Waals surface area contributed by atoms with E-state index in [2.05, 4.69) is 23.5 Å². The molecular formula is C17H28N2O4S2. The normalized spacial score (nSPS) is 15.4. The molecule has 0 saturated carbocycles. The summed E-state index contributed by atoms with van der Waals surface area (Å²) in [4.78, 5) is 15.6. The zero-order valence-corrected chi connectivity index (χ0v) is 17.1. The number of rotatable bonds is 8. The second-order valence-corrected chi connectivity index (χ2v) is 9.39. The topological polar surface area (TPSA) is 75.7 Å². The number of ether oxygens (including phenoxy) is 1. The third kappa shape index (κ3) is 4.42. The van der Waals surface area contributed by atoms with Gasteiger partial charge in [0.2, 0.25) is 0 Å². The van der Waals surface area contributed by atoms with Gasteiger partial charge in [-0.05, 0) is 17.9 Å². The lowest BCUT2D eigenvalue weighted by molar-refractivity contribution is 0.0595. The lowest BCUT2D eigenvalue weighted by Gasteiger charge is -2.30. The van der Waals surface area contributed by atoms with Crippen LogP contribution >= 0.6 is 11.3 Å². The summed E-state index contributed by atoms with van der Waals surface area (Å²) in [6.45, 7) is 8.95. The minimum absolute atomic E-state index is 0.0931. The molecule has 0 aromatic carbocycles. The van der Waals surface area contributed by atoms with Gasteiger partial charge in [-0.1, -0.05) is 33.6 Å². The predicted molar refractivity (Wildman–Crippen MR) is 99.6 cm³/mol. The van der Waals surface area contributed by atoms with E-state index in [4.69, 9.17) is 4.74 Å². The lowest BCUT2D eigenvalue weighted by atomic mass is 9.99. The average molecular weight is 389 g/mol. The number of esters is 1. The van der Waals surface area contributed by atoms with Gasteiger partial charge < -0.3 is 4.74 Å². The van der Waals surface area contributed by atoms with Crippen LogP contribution in [0, 0.1) is 5.92 Å². The summed E-state index contributed by atoms with van der Waals surface area (Å²) in [5, 5.41) is 0. The van der Waals surface area contributed by atoms with Crippen LogP contribution in [0.25, 0.3) is 0 Å². The number of methoxy groups -OCH3 is 1.